The Bertz CT molecular complexity index is 1170. The lowest BCUT2D eigenvalue weighted by Gasteiger charge is -2.08. The Morgan fingerprint density at radius 3 is 2.79 bits per heavy atom. The average molecular weight is 400 g/mol. The lowest BCUT2D eigenvalue weighted by atomic mass is 10.2. The molecule has 0 unspecified atom stereocenters. The minimum atomic E-state index is -0.739. The Labute approximate surface area is 164 Å². The number of rotatable bonds is 3. The van der Waals surface area contributed by atoms with Crippen molar-refractivity contribution in [2.75, 3.05) is 5.32 Å². The second-order valence-electron chi connectivity index (χ2n) is 6.92. The first-order chi connectivity index (χ1) is 13.4. The van der Waals surface area contributed by atoms with Crippen molar-refractivity contribution >= 4 is 39.1 Å². The minimum absolute atomic E-state index is 0.0328. The molecule has 0 spiro atoms. The van der Waals surface area contributed by atoms with E-state index < -0.39 is 11.8 Å². The van der Waals surface area contributed by atoms with Crippen molar-refractivity contribution < 1.29 is 9.59 Å². The Balaban J connectivity index is 1.78. The van der Waals surface area contributed by atoms with Crippen LogP contribution < -0.4 is 16.6 Å². The van der Waals surface area contributed by atoms with Gasteiger partial charge in [-0.1, -0.05) is 6.42 Å². The highest BCUT2D eigenvalue weighted by molar-refractivity contribution is 7.20. The molecule has 0 aliphatic carbocycles. The van der Waals surface area contributed by atoms with Crippen molar-refractivity contribution in [1.82, 2.24) is 19.7 Å². The summed E-state index contributed by atoms with van der Waals surface area (Å²) >= 11 is 1.18. The normalized spacial score (nSPS) is 13.9. The summed E-state index contributed by atoms with van der Waals surface area (Å²) in [5.41, 5.74) is 6.55. The number of amides is 2. The van der Waals surface area contributed by atoms with Gasteiger partial charge in [0, 0.05) is 13.0 Å². The molecule has 4 N–H and O–H groups in total. The number of hydrogen-bond donors (Lipinski definition) is 3. The van der Waals surface area contributed by atoms with E-state index in [2.05, 4.69) is 20.5 Å². The van der Waals surface area contributed by atoms with Crippen LogP contribution in [0.4, 0.5) is 5.69 Å². The molecule has 0 saturated carbocycles. The second-order valence-corrected chi connectivity index (χ2v) is 7.92. The molecule has 0 fully saturated rings. The number of thiophene rings is 1. The number of carbonyl (C=O) groups is 2. The molecule has 0 aromatic carbocycles. The first-order valence-electron chi connectivity index (χ1n) is 9.07. The summed E-state index contributed by atoms with van der Waals surface area (Å²) in [5.74, 6) is -0.381. The van der Waals surface area contributed by atoms with Gasteiger partial charge in [-0.25, -0.2) is 4.98 Å². The molecule has 4 heterocycles. The number of primary amides is 1. The van der Waals surface area contributed by atoms with Gasteiger partial charge in [0.2, 0.25) is 0 Å². The van der Waals surface area contributed by atoms with E-state index in [1.807, 2.05) is 0 Å². The van der Waals surface area contributed by atoms with Gasteiger partial charge in [-0.3, -0.25) is 24.0 Å². The molecule has 9 nitrogen and oxygen atoms in total. The lowest BCUT2D eigenvalue weighted by Crippen LogP contribution is -2.24. The fourth-order valence-electron chi connectivity index (χ4n) is 3.56. The maximum Gasteiger partial charge on any atom is 0.271 e. The molecule has 0 saturated heterocycles. The Hall–Kier alpha value is -3.01. The Kier molecular flexibility index (Phi) is 4.50. The highest BCUT2D eigenvalue weighted by Gasteiger charge is 2.24. The number of nitrogens with zero attached hydrogens (tertiary/aromatic N) is 3. The van der Waals surface area contributed by atoms with Gasteiger partial charge in [-0.15, -0.1) is 11.3 Å². The maximum absolute atomic E-state index is 13.0. The van der Waals surface area contributed by atoms with Crippen LogP contribution in [0.5, 0.6) is 0 Å². The fourth-order valence-corrected chi connectivity index (χ4v) is 4.64. The van der Waals surface area contributed by atoms with Crippen LogP contribution >= 0.6 is 11.3 Å². The van der Waals surface area contributed by atoms with Gasteiger partial charge < -0.3 is 11.1 Å². The molecule has 0 radical (unpaired) electrons. The summed E-state index contributed by atoms with van der Waals surface area (Å²) in [7, 11) is 0. The van der Waals surface area contributed by atoms with Crippen LogP contribution in [-0.4, -0.2) is 31.6 Å². The number of carbonyl (C=O) groups excluding carboxylic acids is 2. The van der Waals surface area contributed by atoms with Gasteiger partial charge in [0.15, 0.2) is 5.69 Å². The second kappa shape index (κ2) is 6.86. The van der Waals surface area contributed by atoms with E-state index in [1.165, 1.54) is 11.3 Å². The van der Waals surface area contributed by atoms with Crippen molar-refractivity contribution in [3.05, 3.63) is 38.0 Å². The predicted octanol–water partition coefficient (Wildman–Crippen LogP) is 1.88. The quantitative estimate of drug-likeness (QED) is 0.617. The average Bonchev–Trinajstić information content (AvgIpc) is 3.06. The minimum Gasteiger partial charge on any atom is -0.364 e. The third-order valence-corrected chi connectivity index (χ3v) is 6.22. The fraction of sp³-hybridized carbons (Fsp3) is 0.389. The zero-order valence-electron chi connectivity index (χ0n) is 15.6. The summed E-state index contributed by atoms with van der Waals surface area (Å²) in [6.07, 6.45) is 3.80. The van der Waals surface area contributed by atoms with E-state index in [1.54, 1.807) is 18.4 Å². The number of aromatic nitrogens is 4. The van der Waals surface area contributed by atoms with Crippen LogP contribution in [0.15, 0.2) is 4.79 Å². The van der Waals surface area contributed by atoms with Crippen LogP contribution in [0.2, 0.25) is 0 Å². The molecule has 0 bridgehead atoms. The summed E-state index contributed by atoms with van der Waals surface area (Å²) in [6.45, 7) is 4.08. The van der Waals surface area contributed by atoms with Gasteiger partial charge in [0.1, 0.15) is 10.7 Å². The molecule has 28 heavy (non-hydrogen) atoms. The molecule has 1 aliphatic heterocycles. The number of H-pyrrole nitrogens is 1. The van der Waals surface area contributed by atoms with E-state index in [0.29, 0.717) is 32.9 Å². The SMILES string of the molecule is Cc1[nH]nc(C(N)=O)c1NC(=O)c1sc2nc3n(c(=O)c2c1C)CCCCC3. The first-order valence-corrected chi connectivity index (χ1v) is 9.89. The number of hydrogen-bond acceptors (Lipinski definition) is 6. The topological polar surface area (TPSA) is 136 Å². The zero-order chi connectivity index (χ0) is 20.0. The number of aryl methyl sites for hydroxylation is 3. The van der Waals surface area contributed by atoms with E-state index in [4.69, 9.17) is 5.73 Å². The highest BCUT2D eigenvalue weighted by Crippen LogP contribution is 2.29. The third-order valence-electron chi connectivity index (χ3n) is 5.04. The van der Waals surface area contributed by atoms with Crippen LogP contribution in [0.25, 0.3) is 10.2 Å². The maximum atomic E-state index is 13.0. The van der Waals surface area contributed by atoms with Gasteiger partial charge in [-0.05, 0) is 32.3 Å². The van der Waals surface area contributed by atoms with Gasteiger partial charge in [0.05, 0.1) is 21.6 Å². The van der Waals surface area contributed by atoms with Crippen LogP contribution in [0.1, 0.15) is 56.5 Å². The predicted molar refractivity (Wildman–Crippen MR) is 106 cm³/mol. The van der Waals surface area contributed by atoms with Gasteiger partial charge >= 0.3 is 0 Å². The van der Waals surface area contributed by atoms with Crippen molar-refractivity contribution in [2.24, 2.45) is 5.73 Å². The van der Waals surface area contributed by atoms with Crippen LogP contribution in [-0.2, 0) is 13.0 Å². The molecule has 0 atom stereocenters. The number of nitrogens with two attached hydrogens (primary N) is 1. The molecule has 2 amide bonds. The molecule has 3 aromatic heterocycles. The summed E-state index contributed by atoms with van der Waals surface area (Å²) in [4.78, 5) is 43.0. The molecule has 3 aromatic rings. The van der Waals surface area contributed by atoms with E-state index in [0.717, 1.165) is 31.5 Å². The molecule has 146 valence electrons. The van der Waals surface area contributed by atoms with Crippen LogP contribution in [0.3, 0.4) is 0 Å². The number of aromatic amines is 1. The number of fused-ring (bicyclic) bond motifs is 2. The highest BCUT2D eigenvalue weighted by atomic mass is 32.1. The smallest absolute Gasteiger partial charge is 0.271 e. The third kappa shape index (κ3) is 2.89. The Morgan fingerprint density at radius 2 is 2.04 bits per heavy atom. The van der Waals surface area contributed by atoms with E-state index >= 15 is 0 Å². The molecule has 1 aliphatic rings. The van der Waals surface area contributed by atoms with Crippen LogP contribution in [0, 0.1) is 13.8 Å². The van der Waals surface area contributed by atoms with Gasteiger partial charge in [-0.2, -0.15) is 5.10 Å². The van der Waals surface area contributed by atoms with Crippen molar-refractivity contribution in [3.8, 4) is 0 Å². The van der Waals surface area contributed by atoms with Crippen molar-refractivity contribution in [3.63, 3.8) is 0 Å². The summed E-state index contributed by atoms with van der Waals surface area (Å²) in [6, 6.07) is 0. The zero-order valence-corrected chi connectivity index (χ0v) is 16.4. The number of nitrogens with one attached hydrogen (secondary N) is 2. The largest absolute Gasteiger partial charge is 0.364 e. The lowest BCUT2D eigenvalue weighted by molar-refractivity contribution is 0.0996. The summed E-state index contributed by atoms with van der Waals surface area (Å²) < 4.78 is 1.74. The Morgan fingerprint density at radius 1 is 1.25 bits per heavy atom. The van der Waals surface area contributed by atoms with Crippen molar-refractivity contribution in [1.29, 1.82) is 0 Å². The van der Waals surface area contributed by atoms with Gasteiger partial charge in [0.25, 0.3) is 17.4 Å². The van der Waals surface area contributed by atoms with E-state index in [-0.39, 0.29) is 16.9 Å². The standard InChI is InChI=1S/C18H20N6O3S/c1-8-11-17(20-10-6-4-3-5-7-24(10)18(11)27)28-14(8)16(26)21-12-9(2)22-23-13(12)15(19)25/h3-7H2,1-2H3,(H2,19,25)(H,21,26)(H,22,23). The summed E-state index contributed by atoms with van der Waals surface area (Å²) in [5, 5.41) is 9.65. The number of anilines is 1. The molecular weight excluding hydrogens is 380 g/mol. The van der Waals surface area contributed by atoms with E-state index in [9.17, 15) is 14.4 Å². The van der Waals surface area contributed by atoms with Crippen molar-refractivity contribution in [2.45, 2.75) is 46.1 Å². The molecule has 10 heteroatoms. The monoisotopic (exact) mass is 400 g/mol. The molecule has 4 rings (SSSR count). The molecular formula is C18H20N6O3S. The first kappa shape index (κ1) is 18.4.